The lowest BCUT2D eigenvalue weighted by molar-refractivity contribution is -0.115. The maximum atomic E-state index is 12.1. The highest BCUT2D eigenvalue weighted by molar-refractivity contribution is 7.90. The quantitative estimate of drug-likeness (QED) is 0.746. The molecule has 2 aromatic carbocycles. The van der Waals surface area contributed by atoms with E-state index >= 15 is 0 Å². The van der Waals surface area contributed by atoms with Crippen LogP contribution in [0.15, 0.2) is 59.5 Å². The molecule has 0 aliphatic heterocycles. The minimum atomic E-state index is -3.80. The average molecular weight is 382 g/mol. The van der Waals surface area contributed by atoms with E-state index in [1.165, 1.54) is 24.3 Å². The van der Waals surface area contributed by atoms with Crippen LogP contribution in [0.1, 0.15) is 12.0 Å². The van der Waals surface area contributed by atoms with E-state index in [9.17, 15) is 21.6 Å². The number of rotatable bonds is 7. The Morgan fingerprint density at radius 2 is 1.52 bits per heavy atom. The fourth-order valence-corrected chi connectivity index (χ4v) is 3.96. The number of primary sulfonamides is 1. The van der Waals surface area contributed by atoms with Gasteiger partial charge in [0.15, 0.2) is 9.84 Å². The predicted octanol–water partition coefficient (Wildman–Crippen LogP) is 1.28. The number of carbonyl (C=O) groups is 1. The highest BCUT2D eigenvalue weighted by atomic mass is 32.2. The van der Waals surface area contributed by atoms with Gasteiger partial charge in [0.1, 0.15) is 0 Å². The van der Waals surface area contributed by atoms with Gasteiger partial charge in [0.05, 0.1) is 16.4 Å². The average Bonchev–Trinajstić information content (AvgIpc) is 2.53. The zero-order valence-corrected chi connectivity index (χ0v) is 14.9. The Kier molecular flexibility index (Phi) is 5.93. The van der Waals surface area contributed by atoms with Crippen LogP contribution < -0.4 is 10.5 Å². The minimum Gasteiger partial charge on any atom is -0.326 e. The van der Waals surface area contributed by atoms with Crippen molar-refractivity contribution in [1.82, 2.24) is 0 Å². The lowest BCUT2D eigenvalue weighted by Gasteiger charge is -2.07. The Balaban J connectivity index is 1.90. The van der Waals surface area contributed by atoms with Crippen molar-refractivity contribution >= 4 is 31.5 Å². The van der Waals surface area contributed by atoms with Crippen molar-refractivity contribution in [3.05, 3.63) is 60.2 Å². The summed E-state index contributed by atoms with van der Waals surface area (Å²) in [6.07, 6.45) is -0.188. The van der Waals surface area contributed by atoms with Gasteiger partial charge in [0, 0.05) is 12.1 Å². The standard InChI is InChI=1S/C16H18N2O5S2/c17-25(22,23)15-8-6-14(7-9-15)18-16(19)10-11-24(20,21)12-13-4-2-1-3-5-13/h1-9H,10-12H2,(H,18,19)(H2,17,22,23). The van der Waals surface area contributed by atoms with Crippen molar-refractivity contribution in [2.45, 2.75) is 17.1 Å². The van der Waals surface area contributed by atoms with Gasteiger partial charge in [-0.2, -0.15) is 0 Å². The molecule has 0 saturated carbocycles. The Morgan fingerprint density at radius 3 is 2.08 bits per heavy atom. The van der Waals surface area contributed by atoms with Gasteiger partial charge >= 0.3 is 0 Å². The van der Waals surface area contributed by atoms with Crippen LogP contribution in [0.5, 0.6) is 0 Å². The Labute approximate surface area is 146 Å². The van der Waals surface area contributed by atoms with E-state index in [1.54, 1.807) is 30.3 Å². The van der Waals surface area contributed by atoms with E-state index in [4.69, 9.17) is 5.14 Å². The number of amides is 1. The van der Waals surface area contributed by atoms with Crippen molar-refractivity contribution < 1.29 is 21.6 Å². The molecule has 7 nitrogen and oxygen atoms in total. The summed E-state index contributed by atoms with van der Waals surface area (Å²) in [6.45, 7) is 0. The molecule has 0 fully saturated rings. The van der Waals surface area contributed by atoms with E-state index in [0.717, 1.165) is 0 Å². The summed E-state index contributed by atoms with van der Waals surface area (Å²) in [5, 5.41) is 7.50. The molecule has 0 bridgehead atoms. The number of hydrogen-bond donors (Lipinski definition) is 2. The fourth-order valence-electron chi connectivity index (χ4n) is 2.10. The molecule has 134 valence electrons. The molecule has 2 rings (SSSR count). The highest BCUT2D eigenvalue weighted by Gasteiger charge is 2.15. The van der Waals surface area contributed by atoms with Crippen molar-refractivity contribution in [2.75, 3.05) is 11.1 Å². The second kappa shape index (κ2) is 7.77. The monoisotopic (exact) mass is 382 g/mol. The number of nitrogens with two attached hydrogens (primary N) is 1. The molecule has 1 amide bonds. The van der Waals surface area contributed by atoms with E-state index in [-0.39, 0.29) is 22.8 Å². The van der Waals surface area contributed by atoms with Crippen LogP contribution in [-0.4, -0.2) is 28.5 Å². The van der Waals surface area contributed by atoms with Gasteiger partial charge in [-0.15, -0.1) is 0 Å². The van der Waals surface area contributed by atoms with Crippen LogP contribution >= 0.6 is 0 Å². The van der Waals surface area contributed by atoms with Gasteiger partial charge in [-0.05, 0) is 29.8 Å². The molecule has 0 aliphatic carbocycles. The largest absolute Gasteiger partial charge is 0.326 e. The normalized spacial score (nSPS) is 11.9. The van der Waals surface area contributed by atoms with Crippen molar-refractivity contribution in [3.63, 3.8) is 0 Å². The fraction of sp³-hybridized carbons (Fsp3) is 0.188. The summed E-state index contributed by atoms with van der Waals surface area (Å²) < 4.78 is 46.4. The lowest BCUT2D eigenvalue weighted by Crippen LogP contribution is -2.18. The summed E-state index contributed by atoms with van der Waals surface area (Å²) in [7, 11) is -7.20. The topological polar surface area (TPSA) is 123 Å². The van der Waals surface area contributed by atoms with E-state index in [2.05, 4.69) is 5.32 Å². The summed E-state index contributed by atoms with van der Waals surface area (Å²) in [6, 6.07) is 14.0. The number of anilines is 1. The molecule has 0 heterocycles. The summed E-state index contributed by atoms with van der Waals surface area (Å²) in [5.74, 6) is -0.868. The molecular weight excluding hydrogens is 364 g/mol. The van der Waals surface area contributed by atoms with Gasteiger partial charge in [-0.25, -0.2) is 22.0 Å². The van der Waals surface area contributed by atoms with Crippen LogP contribution in [0.2, 0.25) is 0 Å². The zero-order valence-electron chi connectivity index (χ0n) is 13.3. The van der Waals surface area contributed by atoms with Crippen LogP contribution in [0, 0.1) is 0 Å². The third-order valence-corrected chi connectivity index (χ3v) is 5.86. The van der Waals surface area contributed by atoms with Crippen molar-refractivity contribution in [3.8, 4) is 0 Å². The number of nitrogens with one attached hydrogen (secondary N) is 1. The number of carbonyl (C=O) groups excluding carboxylic acids is 1. The van der Waals surface area contributed by atoms with Gasteiger partial charge in [-0.1, -0.05) is 30.3 Å². The molecule has 2 aromatic rings. The Morgan fingerprint density at radius 1 is 0.920 bits per heavy atom. The van der Waals surface area contributed by atoms with E-state index < -0.39 is 25.8 Å². The maximum absolute atomic E-state index is 12.1. The first-order valence-corrected chi connectivity index (χ1v) is 10.7. The first-order chi connectivity index (χ1) is 11.7. The Hall–Kier alpha value is -2.23. The molecule has 0 radical (unpaired) electrons. The number of hydrogen-bond acceptors (Lipinski definition) is 5. The molecule has 0 unspecified atom stereocenters. The lowest BCUT2D eigenvalue weighted by atomic mass is 10.2. The summed E-state index contributed by atoms with van der Waals surface area (Å²) in [5.41, 5.74) is 1.03. The minimum absolute atomic E-state index is 0.0732. The second-order valence-electron chi connectivity index (χ2n) is 5.45. The number of sulfonamides is 1. The molecular formula is C16H18N2O5S2. The predicted molar refractivity (Wildman–Crippen MR) is 95.0 cm³/mol. The van der Waals surface area contributed by atoms with Crippen LogP contribution in [0.3, 0.4) is 0 Å². The van der Waals surface area contributed by atoms with E-state index in [0.29, 0.717) is 11.3 Å². The first kappa shape index (κ1) is 19.1. The van der Waals surface area contributed by atoms with E-state index in [1.807, 2.05) is 0 Å². The molecule has 0 aliphatic rings. The second-order valence-corrected chi connectivity index (χ2v) is 9.19. The molecule has 0 spiro atoms. The van der Waals surface area contributed by atoms with Crippen molar-refractivity contribution in [1.29, 1.82) is 0 Å². The van der Waals surface area contributed by atoms with Gasteiger partial charge in [0.2, 0.25) is 15.9 Å². The van der Waals surface area contributed by atoms with Crippen LogP contribution in [-0.2, 0) is 30.4 Å². The first-order valence-electron chi connectivity index (χ1n) is 7.33. The Bertz CT molecular complexity index is 938. The highest BCUT2D eigenvalue weighted by Crippen LogP contribution is 2.13. The molecule has 0 aromatic heterocycles. The smallest absolute Gasteiger partial charge is 0.238 e. The van der Waals surface area contributed by atoms with Gasteiger partial charge in [0.25, 0.3) is 0 Å². The number of benzene rings is 2. The molecule has 0 atom stereocenters. The molecule has 0 saturated heterocycles. The SMILES string of the molecule is NS(=O)(=O)c1ccc(NC(=O)CCS(=O)(=O)Cc2ccccc2)cc1. The van der Waals surface area contributed by atoms with Crippen molar-refractivity contribution in [2.24, 2.45) is 5.14 Å². The molecule has 25 heavy (non-hydrogen) atoms. The van der Waals surface area contributed by atoms with Gasteiger partial charge in [-0.3, -0.25) is 4.79 Å². The van der Waals surface area contributed by atoms with Crippen LogP contribution in [0.25, 0.3) is 0 Å². The van der Waals surface area contributed by atoms with Gasteiger partial charge < -0.3 is 5.32 Å². The zero-order chi connectivity index (χ0) is 18.5. The summed E-state index contributed by atoms with van der Waals surface area (Å²) >= 11 is 0. The molecule has 9 heteroatoms. The summed E-state index contributed by atoms with van der Waals surface area (Å²) in [4.78, 5) is 11.8. The third kappa shape index (κ3) is 6.29. The maximum Gasteiger partial charge on any atom is 0.238 e. The molecule has 3 N–H and O–H groups in total. The van der Waals surface area contributed by atoms with Crippen LogP contribution in [0.4, 0.5) is 5.69 Å². The third-order valence-electron chi connectivity index (χ3n) is 3.34. The number of sulfone groups is 1.